The summed E-state index contributed by atoms with van der Waals surface area (Å²) < 4.78 is 78.1. The topological polar surface area (TPSA) is 131 Å². The first-order valence-corrected chi connectivity index (χ1v) is 9.82. The van der Waals surface area contributed by atoms with E-state index in [0.29, 0.717) is 11.3 Å². The third-order valence-corrected chi connectivity index (χ3v) is 6.05. The second-order valence-corrected chi connectivity index (χ2v) is 8.74. The Labute approximate surface area is 165 Å². The molecule has 2 heterocycles. The van der Waals surface area contributed by atoms with Gasteiger partial charge in [0, 0.05) is 6.20 Å². The highest BCUT2D eigenvalue weighted by Gasteiger charge is 2.43. The standard InChI is InChI=1S/C15H13F4N3O5S2/c1-14(2,25)13(24)22(12-8(10(20)23)3-4-28-12)29(26,27)11-9(16)5-7(6-21-11)15(17,18)19/h3-6,25H,1-2H3,(H2,20,23). The van der Waals surface area contributed by atoms with Gasteiger partial charge in [0.05, 0.1) is 11.1 Å². The van der Waals surface area contributed by atoms with Crippen LogP contribution in [-0.2, 0) is 21.0 Å². The summed E-state index contributed by atoms with van der Waals surface area (Å²) in [5, 5.41) is 9.10. The number of primary amides is 1. The Morgan fingerprint density at radius 1 is 1.28 bits per heavy atom. The van der Waals surface area contributed by atoms with Crippen LogP contribution in [0.1, 0.15) is 29.8 Å². The summed E-state index contributed by atoms with van der Waals surface area (Å²) in [4.78, 5) is 27.2. The fourth-order valence-corrected chi connectivity index (χ4v) is 4.72. The number of aliphatic hydroxyl groups is 1. The number of carbonyl (C=O) groups excluding carboxylic acids is 2. The third-order valence-electron chi connectivity index (χ3n) is 3.42. The van der Waals surface area contributed by atoms with Crippen molar-refractivity contribution in [2.75, 3.05) is 4.31 Å². The predicted molar refractivity (Wildman–Crippen MR) is 93.0 cm³/mol. The van der Waals surface area contributed by atoms with Crippen molar-refractivity contribution >= 4 is 38.2 Å². The van der Waals surface area contributed by atoms with E-state index in [4.69, 9.17) is 5.73 Å². The molecular formula is C15H13F4N3O5S2. The van der Waals surface area contributed by atoms with Crippen LogP contribution in [0, 0.1) is 5.82 Å². The van der Waals surface area contributed by atoms with Crippen LogP contribution in [-0.4, -0.2) is 35.9 Å². The van der Waals surface area contributed by atoms with Crippen LogP contribution in [0.2, 0.25) is 0 Å². The Bertz CT molecular complexity index is 1070. The highest BCUT2D eigenvalue weighted by molar-refractivity contribution is 7.93. The van der Waals surface area contributed by atoms with Gasteiger partial charge in [-0.2, -0.15) is 25.9 Å². The largest absolute Gasteiger partial charge is 0.417 e. The van der Waals surface area contributed by atoms with E-state index >= 15 is 0 Å². The predicted octanol–water partition coefficient (Wildman–Crippen LogP) is 1.89. The van der Waals surface area contributed by atoms with Crippen LogP contribution in [0.4, 0.5) is 22.6 Å². The lowest BCUT2D eigenvalue weighted by atomic mass is 10.1. The van der Waals surface area contributed by atoms with Gasteiger partial charge < -0.3 is 10.8 Å². The molecular weight excluding hydrogens is 442 g/mol. The quantitative estimate of drug-likeness (QED) is 0.662. The molecule has 2 amide bonds. The van der Waals surface area contributed by atoms with Crippen LogP contribution in [0.3, 0.4) is 0 Å². The molecule has 14 heteroatoms. The van der Waals surface area contributed by atoms with Gasteiger partial charge in [0.1, 0.15) is 10.6 Å². The molecule has 0 aromatic carbocycles. The molecule has 0 fully saturated rings. The van der Waals surface area contributed by atoms with Crippen molar-refractivity contribution in [3.05, 3.63) is 40.7 Å². The molecule has 29 heavy (non-hydrogen) atoms. The minimum atomic E-state index is -5.28. The van der Waals surface area contributed by atoms with Gasteiger partial charge in [-0.3, -0.25) is 9.59 Å². The molecule has 0 saturated heterocycles. The van der Waals surface area contributed by atoms with Gasteiger partial charge in [0.2, 0.25) is 5.03 Å². The van der Waals surface area contributed by atoms with E-state index < -0.39 is 60.6 Å². The fraction of sp³-hybridized carbons (Fsp3) is 0.267. The second-order valence-electron chi connectivity index (χ2n) is 6.15. The molecule has 2 aromatic heterocycles. The van der Waals surface area contributed by atoms with Crippen molar-refractivity contribution in [2.45, 2.75) is 30.7 Å². The van der Waals surface area contributed by atoms with Crippen molar-refractivity contribution in [3.63, 3.8) is 0 Å². The molecule has 0 aliphatic rings. The smallest absolute Gasteiger partial charge is 0.381 e. The van der Waals surface area contributed by atoms with Crippen molar-refractivity contribution in [1.82, 2.24) is 4.98 Å². The van der Waals surface area contributed by atoms with E-state index in [2.05, 4.69) is 4.98 Å². The van der Waals surface area contributed by atoms with Gasteiger partial charge in [-0.05, 0) is 31.4 Å². The van der Waals surface area contributed by atoms with Crippen molar-refractivity contribution in [3.8, 4) is 0 Å². The molecule has 158 valence electrons. The molecule has 0 saturated carbocycles. The summed E-state index contributed by atoms with van der Waals surface area (Å²) in [7, 11) is -5.28. The Morgan fingerprint density at radius 3 is 2.31 bits per heavy atom. The van der Waals surface area contributed by atoms with E-state index in [-0.39, 0.29) is 16.6 Å². The first-order valence-electron chi connectivity index (χ1n) is 7.50. The van der Waals surface area contributed by atoms with Crippen LogP contribution < -0.4 is 10.0 Å². The van der Waals surface area contributed by atoms with Gasteiger partial charge in [-0.15, -0.1) is 11.3 Å². The average molecular weight is 455 g/mol. The SMILES string of the molecule is CC(C)(O)C(=O)N(c1sccc1C(N)=O)S(=O)(=O)c1ncc(C(F)(F)F)cc1F. The molecule has 0 spiro atoms. The average Bonchev–Trinajstić information content (AvgIpc) is 3.02. The molecule has 0 radical (unpaired) electrons. The Morgan fingerprint density at radius 2 is 1.86 bits per heavy atom. The molecule has 0 aliphatic heterocycles. The minimum Gasteiger partial charge on any atom is -0.381 e. The van der Waals surface area contributed by atoms with Crippen molar-refractivity contribution in [2.24, 2.45) is 5.73 Å². The maximum absolute atomic E-state index is 14.3. The molecule has 0 unspecified atom stereocenters. The normalized spacial score (nSPS) is 12.7. The van der Waals surface area contributed by atoms with Gasteiger partial charge in [0.15, 0.2) is 5.82 Å². The zero-order valence-electron chi connectivity index (χ0n) is 14.7. The lowest BCUT2D eigenvalue weighted by molar-refractivity contribution is -0.138. The molecule has 8 nitrogen and oxygen atoms in total. The summed E-state index contributed by atoms with van der Waals surface area (Å²) in [6.45, 7) is 1.85. The number of aromatic nitrogens is 1. The van der Waals surface area contributed by atoms with Crippen LogP contribution in [0.5, 0.6) is 0 Å². The zero-order valence-corrected chi connectivity index (χ0v) is 16.3. The first-order chi connectivity index (χ1) is 13.1. The number of anilines is 1. The number of hydrogen-bond acceptors (Lipinski definition) is 7. The monoisotopic (exact) mass is 455 g/mol. The van der Waals surface area contributed by atoms with E-state index in [9.17, 15) is 40.7 Å². The molecule has 2 aromatic rings. The van der Waals surface area contributed by atoms with Gasteiger partial charge in [0.25, 0.3) is 21.8 Å². The fourth-order valence-electron chi connectivity index (χ4n) is 2.06. The van der Waals surface area contributed by atoms with E-state index in [1.54, 1.807) is 0 Å². The van der Waals surface area contributed by atoms with Crippen LogP contribution in [0.15, 0.2) is 28.7 Å². The summed E-state index contributed by atoms with van der Waals surface area (Å²) >= 11 is 0.549. The Balaban J connectivity index is 2.75. The highest BCUT2D eigenvalue weighted by atomic mass is 32.2. The maximum atomic E-state index is 14.3. The van der Waals surface area contributed by atoms with Gasteiger partial charge in [-0.1, -0.05) is 0 Å². The van der Waals surface area contributed by atoms with E-state index in [1.165, 1.54) is 5.38 Å². The zero-order chi connectivity index (χ0) is 22.4. The van der Waals surface area contributed by atoms with Crippen LogP contribution >= 0.6 is 11.3 Å². The highest BCUT2D eigenvalue weighted by Crippen LogP contribution is 2.35. The second kappa shape index (κ2) is 7.35. The number of alkyl halides is 3. The number of nitrogens with zero attached hydrogens (tertiary/aromatic N) is 2. The number of sulfonamides is 1. The lowest BCUT2D eigenvalue weighted by Gasteiger charge is -2.27. The number of nitrogens with two attached hydrogens (primary N) is 1. The number of amides is 2. The molecule has 2 rings (SSSR count). The third kappa shape index (κ3) is 4.38. The number of carbonyl (C=O) groups is 2. The van der Waals surface area contributed by atoms with E-state index in [0.717, 1.165) is 19.9 Å². The summed E-state index contributed by atoms with van der Waals surface area (Å²) in [6.07, 6.45) is -4.92. The molecule has 0 bridgehead atoms. The van der Waals surface area contributed by atoms with Gasteiger partial charge >= 0.3 is 6.18 Å². The summed E-state index contributed by atoms with van der Waals surface area (Å²) in [5.74, 6) is -4.53. The lowest BCUT2D eigenvalue weighted by Crippen LogP contribution is -2.49. The van der Waals surface area contributed by atoms with Gasteiger partial charge in [-0.25, -0.2) is 9.37 Å². The van der Waals surface area contributed by atoms with Crippen molar-refractivity contribution < 1.29 is 40.7 Å². The van der Waals surface area contributed by atoms with Crippen molar-refractivity contribution in [1.29, 1.82) is 0 Å². The maximum Gasteiger partial charge on any atom is 0.417 e. The minimum absolute atomic E-state index is 0.0755. The molecule has 0 aliphatic carbocycles. The summed E-state index contributed by atoms with van der Waals surface area (Å²) in [6, 6.07) is 0.981. The van der Waals surface area contributed by atoms with Crippen LogP contribution in [0.25, 0.3) is 0 Å². The number of halogens is 4. The number of hydrogen-bond donors (Lipinski definition) is 2. The molecule has 0 atom stereocenters. The number of pyridine rings is 1. The first kappa shape index (κ1) is 22.7. The molecule has 3 N–H and O–H groups in total. The Hall–Kier alpha value is -2.58. The number of thiophene rings is 1. The Kier molecular flexibility index (Phi) is 5.75. The summed E-state index contributed by atoms with van der Waals surface area (Å²) in [5.41, 5.74) is 0.825. The van der Waals surface area contributed by atoms with E-state index in [1.807, 2.05) is 0 Å². The number of rotatable bonds is 5.